The molecule has 0 saturated carbocycles. The molecule has 2 rings (SSSR count). The van der Waals surface area contributed by atoms with Crippen LogP contribution in [-0.2, 0) is 0 Å². The molecule has 2 aromatic rings. The number of halogens is 4. The minimum atomic E-state index is -0.673. The third-order valence-corrected chi connectivity index (χ3v) is 3.57. The number of rotatable bonds is 2. The molecule has 0 aromatic heterocycles. The van der Waals surface area contributed by atoms with Gasteiger partial charge in [0.25, 0.3) is 0 Å². The van der Waals surface area contributed by atoms with Gasteiger partial charge in [-0.25, -0.2) is 8.78 Å². The van der Waals surface area contributed by atoms with Crippen LogP contribution >= 0.6 is 38.5 Å². The van der Waals surface area contributed by atoms with Crippen molar-refractivity contribution in [2.24, 2.45) is 0 Å². The molecule has 0 spiro atoms. The van der Waals surface area contributed by atoms with Crippen LogP contribution < -0.4 is 11.1 Å². The number of benzene rings is 2. The van der Waals surface area contributed by atoms with E-state index in [4.69, 9.17) is 5.73 Å². The van der Waals surface area contributed by atoms with Crippen molar-refractivity contribution in [3.63, 3.8) is 0 Å². The molecule has 94 valence electrons. The third kappa shape index (κ3) is 2.92. The van der Waals surface area contributed by atoms with E-state index in [1.165, 1.54) is 6.07 Å². The largest absolute Gasteiger partial charge is 0.397 e. The zero-order valence-electron chi connectivity index (χ0n) is 8.98. The maximum atomic E-state index is 13.6. The van der Waals surface area contributed by atoms with E-state index in [1.807, 2.05) is 6.07 Å². The van der Waals surface area contributed by atoms with Gasteiger partial charge in [0.2, 0.25) is 0 Å². The molecule has 0 aliphatic rings. The zero-order chi connectivity index (χ0) is 13.3. The van der Waals surface area contributed by atoms with Crippen molar-refractivity contribution in [1.82, 2.24) is 0 Å². The van der Waals surface area contributed by atoms with Gasteiger partial charge in [0.15, 0.2) is 0 Å². The Hall–Kier alpha value is -0.890. The van der Waals surface area contributed by atoms with Crippen molar-refractivity contribution < 1.29 is 8.78 Å². The Morgan fingerprint density at radius 3 is 2.44 bits per heavy atom. The quantitative estimate of drug-likeness (QED) is 0.418. The normalized spacial score (nSPS) is 10.4. The summed E-state index contributed by atoms with van der Waals surface area (Å²) >= 11 is 5.14. The lowest BCUT2D eigenvalue weighted by Crippen LogP contribution is -1.99. The molecule has 0 radical (unpaired) electrons. The highest BCUT2D eigenvalue weighted by atomic mass is 127. The summed E-state index contributed by atoms with van der Waals surface area (Å²) in [4.78, 5) is 0. The van der Waals surface area contributed by atoms with Crippen LogP contribution in [0.4, 0.5) is 25.8 Å². The summed E-state index contributed by atoms with van der Waals surface area (Å²) in [5, 5.41) is 2.84. The first-order valence-corrected chi connectivity index (χ1v) is 6.81. The van der Waals surface area contributed by atoms with Crippen molar-refractivity contribution in [1.29, 1.82) is 0 Å². The minimum absolute atomic E-state index is 0.163. The molecule has 0 heterocycles. The highest BCUT2D eigenvalue weighted by Crippen LogP contribution is 2.29. The molecule has 6 heteroatoms. The van der Waals surface area contributed by atoms with Gasteiger partial charge >= 0.3 is 0 Å². The van der Waals surface area contributed by atoms with Gasteiger partial charge in [-0.1, -0.05) is 0 Å². The predicted molar refractivity (Wildman–Crippen MR) is 80.9 cm³/mol. The second kappa shape index (κ2) is 5.40. The van der Waals surface area contributed by atoms with Crippen molar-refractivity contribution >= 4 is 55.6 Å². The van der Waals surface area contributed by atoms with Crippen LogP contribution in [0.5, 0.6) is 0 Å². The van der Waals surface area contributed by atoms with Crippen LogP contribution in [0.25, 0.3) is 0 Å². The maximum absolute atomic E-state index is 13.6. The average Bonchev–Trinajstić information content (AvgIpc) is 2.29. The smallest absolute Gasteiger partial charge is 0.149 e. The fourth-order valence-corrected chi connectivity index (χ4v) is 2.27. The Bertz CT molecular complexity index is 605. The lowest BCUT2D eigenvalue weighted by Gasteiger charge is -2.11. The van der Waals surface area contributed by atoms with Gasteiger partial charge < -0.3 is 11.1 Å². The van der Waals surface area contributed by atoms with E-state index in [9.17, 15) is 8.78 Å². The molecule has 2 nitrogen and oxygen atoms in total. The van der Waals surface area contributed by atoms with E-state index >= 15 is 0 Å². The molecule has 0 fully saturated rings. The van der Waals surface area contributed by atoms with Crippen LogP contribution in [-0.4, -0.2) is 0 Å². The highest BCUT2D eigenvalue weighted by molar-refractivity contribution is 14.1. The van der Waals surface area contributed by atoms with Crippen molar-refractivity contribution in [3.8, 4) is 0 Å². The van der Waals surface area contributed by atoms with Crippen molar-refractivity contribution in [2.45, 2.75) is 0 Å². The van der Waals surface area contributed by atoms with Crippen LogP contribution in [0, 0.1) is 15.2 Å². The van der Waals surface area contributed by atoms with Gasteiger partial charge in [0.1, 0.15) is 11.6 Å². The molecule has 0 aliphatic heterocycles. The van der Waals surface area contributed by atoms with Crippen LogP contribution in [0.15, 0.2) is 34.8 Å². The molecular weight excluding hydrogens is 417 g/mol. The van der Waals surface area contributed by atoms with Crippen molar-refractivity contribution in [2.75, 3.05) is 11.1 Å². The first-order chi connectivity index (χ1) is 8.47. The molecule has 0 bridgehead atoms. The second-order valence-electron chi connectivity index (χ2n) is 3.60. The molecule has 0 aliphatic carbocycles. The first kappa shape index (κ1) is 13.5. The van der Waals surface area contributed by atoms with Crippen molar-refractivity contribution in [3.05, 3.63) is 50.0 Å². The number of nitrogens with one attached hydrogen (secondary N) is 1. The zero-order valence-corrected chi connectivity index (χ0v) is 12.7. The number of hydrogen-bond acceptors (Lipinski definition) is 2. The molecule has 0 saturated heterocycles. The Labute approximate surface area is 125 Å². The van der Waals surface area contributed by atoms with Crippen LogP contribution in [0.1, 0.15) is 0 Å². The fraction of sp³-hybridized carbons (Fsp3) is 0. The van der Waals surface area contributed by atoms with E-state index in [0.29, 0.717) is 11.4 Å². The Morgan fingerprint density at radius 1 is 1.06 bits per heavy atom. The average molecular weight is 425 g/mol. The van der Waals surface area contributed by atoms with E-state index in [1.54, 1.807) is 12.1 Å². The second-order valence-corrected chi connectivity index (χ2v) is 5.70. The molecule has 2 aromatic carbocycles. The SMILES string of the molecule is Nc1cc(I)ccc1Nc1cc(Br)c(F)cc1F. The molecule has 0 amide bonds. The van der Waals surface area contributed by atoms with E-state index in [0.717, 1.165) is 9.64 Å². The van der Waals surface area contributed by atoms with Gasteiger partial charge in [-0.05, 0) is 62.8 Å². The summed E-state index contributed by atoms with van der Waals surface area (Å²) in [6.07, 6.45) is 0. The number of nitrogens with two attached hydrogens (primary N) is 1. The Morgan fingerprint density at radius 2 is 1.78 bits per heavy atom. The van der Waals surface area contributed by atoms with Crippen LogP contribution in [0.3, 0.4) is 0 Å². The predicted octanol–water partition coefficient (Wildman–Crippen LogP) is 4.66. The van der Waals surface area contributed by atoms with E-state index in [-0.39, 0.29) is 10.2 Å². The monoisotopic (exact) mass is 424 g/mol. The standard InChI is InChI=1S/C12H8BrF2IN2/c13-7-4-12(9(15)5-8(7)14)18-11-2-1-6(16)3-10(11)17/h1-5,18H,17H2. The molecule has 18 heavy (non-hydrogen) atoms. The van der Waals surface area contributed by atoms with Gasteiger partial charge in [0, 0.05) is 9.64 Å². The summed E-state index contributed by atoms with van der Waals surface area (Å²) in [7, 11) is 0. The van der Waals surface area contributed by atoms with E-state index in [2.05, 4.69) is 43.8 Å². The molecule has 3 N–H and O–H groups in total. The van der Waals surface area contributed by atoms with Gasteiger partial charge in [0.05, 0.1) is 21.5 Å². The van der Waals surface area contributed by atoms with Gasteiger partial charge in [-0.2, -0.15) is 0 Å². The number of anilines is 3. The lowest BCUT2D eigenvalue weighted by atomic mass is 10.2. The summed E-state index contributed by atoms with van der Waals surface area (Å²) < 4.78 is 27.8. The fourth-order valence-electron chi connectivity index (χ4n) is 1.41. The lowest BCUT2D eigenvalue weighted by molar-refractivity contribution is 0.581. The number of hydrogen-bond donors (Lipinski definition) is 2. The highest BCUT2D eigenvalue weighted by Gasteiger charge is 2.09. The summed E-state index contributed by atoms with van der Waals surface area (Å²) in [6.45, 7) is 0. The topological polar surface area (TPSA) is 38.0 Å². The molecule has 0 unspecified atom stereocenters. The molecule has 0 atom stereocenters. The van der Waals surface area contributed by atoms with E-state index < -0.39 is 11.6 Å². The van der Waals surface area contributed by atoms with Crippen LogP contribution in [0.2, 0.25) is 0 Å². The summed E-state index contributed by atoms with van der Waals surface area (Å²) in [5.74, 6) is -1.32. The van der Waals surface area contributed by atoms with Gasteiger partial charge in [-0.3, -0.25) is 0 Å². The Kier molecular flexibility index (Phi) is 4.06. The number of nitrogen functional groups attached to an aromatic ring is 1. The summed E-state index contributed by atoms with van der Waals surface area (Å²) in [5.41, 5.74) is 7.05. The Balaban J connectivity index is 2.37. The summed E-state index contributed by atoms with van der Waals surface area (Å²) in [6, 6.07) is 7.50. The molecular formula is C12H8BrF2IN2. The third-order valence-electron chi connectivity index (χ3n) is 2.29. The van der Waals surface area contributed by atoms with Gasteiger partial charge in [-0.15, -0.1) is 0 Å². The minimum Gasteiger partial charge on any atom is -0.397 e. The first-order valence-electron chi connectivity index (χ1n) is 4.94. The maximum Gasteiger partial charge on any atom is 0.149 e.